The van der Waals surface area contributed by atoms with Crippen molar-refractivity contribution in [3.63, 3.8) is 0 Å². The number of carbonyl (C=O) groups is 3. The third-order valence-corrected chi connectivity index (χ3v) is 4.74. The number of hydrogen-bond donors (Lipinski definition) is 2. The Bertz CT molecular complexity index is 671. The Morgan fingerprint density at radius 2 is 1.96 bits per heavy atom. The maximum Gasteiger partial charge on any atom is 0.308 e. The maximum absolute atomic E-state index is 12.4. The summed E-state index contributed by atoms with van der Waals surface area (Å²) >= 11 is 0. The smallest absolute Gasteiger partial charge is 0.308 e. The van der Waals surface area contributed by atoms with Gasteiger partial charge in [-0.25, -0.2) is 0 Å². The number of carbonyl (C=O) groups excluding carboxylic acids is 2. The van der Waals surface area contributed by atoms with Gasteiger partial charge >= 0.3 is 5.97 Å². The van der Waals surface area contributed by atoms with Crippen LogP contribution in [-0.2, 0) is 20.8 Å². The number of benzene rings is 1. The second kappa shape index (κ2) is 9.39. The van der Waals surface area contributed by atoms with Crippen LogP contribution in [0.25, 0.3) is 0 Å². The van der Waals surface area contributed by atoms with E-state index in [0.29, 0.717) is 19.6 Å². The summed E-state index contributed by atoms with van der Waals surface area (Å²) in [7, 11) is 0. The van der Waals surface area contributed by atoms with Crippen molar-refractivity contribution in [3.8, 4) is 5.75 Å². The van der Waals surface area contributed by atoms with E-state index in [0.717, 1.165) is 11.3 Å². The van der Waals surface area contributed by atoms with E-state index in [1.54, 1.807) is 17.0 Å². The largest absolute Gasteiger partial charge is 0.494 e. The van der Waals surface area contributed by atoms with E-state index < -0.39 is 17.8 Å². The van der Waals surface area contributed by atoms with E-state index in [2.05, 4.69) is 5.32 Å². The zero-order chi connectivity index (χ0) is 20.0. The molecule has 1 aliphatic rings. The van der Waals surface area contributed by atoms with Gasteiger partial charge in [-0.05, 0) is 44.9 Å². The molecule has 0 spiro atoms. The SMILES string of the molecule is CCOc1ccc(C[C@@H](CNC(=O)[C@@H]2CC(=O)N(C(C)C)C2)C(=O)O)cc1. The minimum absolute atomic E-state index is 0.0330. The molecule has 1 aromatic rings. The number of hydrogen-bond acceptors (Lipinski definition) is 4. The van der Waals surface area contributed by atoms with E-state index in [1.807, 2.05) is 32.9 Å². The van der Waals surface area contributed by atoms with Gasteiger partial charge in [0.25, 0.3) is 0 Å². The van der Waals surface area contributed by atoms with Gasteiger partial charge in [0.15, 0.2) is 0 Å². The number of carboxylic acids is 1. The Hall–Kier alpha value is -2.57. The molecule has 1 aromatic carbocycles. The number of nitrogens with zero attached hydrogens (tertiary/aromatic N) is 1. The summed E-state index contributed by atoms with van der Waals surface area (Å²) in [6.07, 6.45) is 0.490. The molecule has 1 aliphatic heterocycles. The molecule has 0 unspecified atom stereocenters. The predicted molar refractivity (Wildman–Crippen MR) is 100 cm³/mol. The molecule has 0 saturated carbocycles. The lowest BCUT2D eigenvalue weighted by molar-refractivity contribution is -0.141. The van der Waals surface area contributed by atoms with Gasteiger partial charge in [0, 0.05) is 25.6 Å². The van der Waals surface area contributed by atoms with Gasteiger partial charge in [0.1, 0.15) is 5.75 Å². The highest BCUT2D eigenvalue weighted by Crippen LogP contribution is 2.20. The van der Waals surface area contributed by atoms with Crippen LogP contribution in [0.3, 0.4) is 0 Å². The van der Waals surface area contributed by atoms with Gasteiger partial charge in [-0.2, -0.15) is 0 Å². The lowest BCUT2D eigenvalue weighted by atomic mass is 9.98. The van der Waals surface area contributed by atoms with Crippen molar-refractivity contribution in [2.24, 2.45) is 11.8 Å². The summed E-state index contributed by atoms with van der Waals surface area (Å²) in [6.45, 7) is 6.72. The molecular formula is C20H28N2O5. The Labute approximate surface area is 159 Å². The molecule has 2 amide bonds. The van der Waals surface area contributed by atoms with Gasteiger partial charge in [-0.3, -0.25) is 14.4 Å². The van der Waals surface area contributed by atoms with Crippen LogP contribution in [0, 0.1) is 11.8 Å². The zero-order valence-corrected chi connectivity index (χ0v) is 16.1. The van der Waals surface area contributed by atoms with Crippen LogP contribution in [0.4, 0.5) is 0 Å². The molecule has 2 N–H and O–H groups in total. The molecular weight excluding hydrogens is 348 g/mol. The quantitative estimate of drug-likeness (QED) is 0.684. The van der Waals surface area contributed by atoms with Crippen molar-refractivity contribution in [1.29, 1.82) is 0 Å². The summed E-state index contributed by atoms with van der Waals surface area (Å²) in [5.41, 5.74) is 0.863. The highest BCUT2D eigenvalue weighted by Gasteiger charge is 2.35. The average Bonchev–Trinajstić information content (AvgIpc) is 3.02. The monoisotopic (exact) mass is 376 g/mol. The fraction of sp³-hybridized carbons (Fsp3) is 0.550. The second-order valence-electron chi connectivity index (χ2n) is 7.10. The third-order valence-electron chi connectivity index (χ3n) is 4.74. The maximum atomic E-state index is 12.4. The van der Waals surface area contributed by atoms with Gasteiger partial charge in [0.05, 0.1) is 18.4 Å². The Morgan fingerprint density at radius 1 is 1.30 bits per heavy atom. The number of nitrogens with one attached hydrogen (secondary N) is 1. The van der Waals surface area contributed by atoms with Gasteiger partial charge in [-0.1, -0.05) is 12.1 Å². The van der Waals surface area contributed by atoms with E-state index >= 15 is 0 Å². The molecule has 0 aromatic heterocycles. The van der Waals surface area contributed by atoms with Crippen LogP contribution in [0.5, 0.6) is 5.75 Å². The molecule has 1 saturated heterocycles. The van der Waals surface area contributed by atoms with Crippen LogP contribution >= 0.6 is 0 Å². The normalized spacial score (nSPS) is 17.9. The molecule has 1 heterocycles. The lowest BCUT2D eigenvalue weighted by Gasteiger charge is -2.21. The van der Waals surface area contributed by atoms with Crippen molar-refractivity contribution in [3.05, 3.63) is 29.8 Å². The number of carboxylic acid groups (broad SMARTS) is 1. The molecule has 1 fully saturated rings. The van der Waals surface area contributed by atoms with Gasteiger partial charge < -0.3 is 20.1 Å². The summed E-state index contributed by atoms with van der Waals surface area (Å²) < 4.78 is 5.38. The predicted octanol–water partition coefficient (Wildman–Crippen LogP) is 1.70. The van der Waals surface area contributed by atoms with Crippen LogP contribution < -0.4 is 10.1 Å². The van der Waals surface area contributed by atoms with Crippen molar-refractivity contribution in [1.82, 2.24) is 10.2 Å². The number of amides is 2. The number of ether oxygens (including phenoxy) is 1. The molecule has 0 radical (unpaired) electrons. The van der Waals surface area contributed by atoms with Crippen LogP contribution in [0.2, 0.25) is 0 Å². The molecule has 27 heavy (non-hydrogen) atoms. The van der Waals surface area contributed by atoms with E-state index in [1.165, 1.54) is 0 Å². The molecule has 0 aliphatic carbocycles. The highest BCUT2D eigenvalue weighted by molar-refractivity contribution is 5.89. The summed E-state index contributed by atoms with van der Waals surface area (Å²) in [5.74, 6) is -1.67. The number of rotatable bonds is 9. The van der Waals surface area contributed by atoms with Crippen LogP contribution in [0.15, 0.2) is 24.3 Å². The standard InChI is InChI=1S/C20H28N2O5/c1-4-27-17-7-5-14(6-8-17)9-15(20(25)26)11-21-19(24)16-10-18(23)22(12-16)13(2)3/h5-8,13,15-16H,4,9-12H2,1-3H3,(H,21,24)(H,25,26)/t15-,16+/m0/s1. The van der Waals surface area contributed by atoms with E-state index in [4.69, 9.17) is 4.74 Å². The third kappa shape index (κ3) is 5.70. The minimum Gasteiger partial charge on any atom is -0.494 e. The Morgan fingerprint density at radius 3 is 2.48 bits per heavy atom. The van der Waals surface area contributed by atoms with Crippen molar-refractivity contribution >= 4 is 17.8 Å². The first-order valence-electron chi connectivity index (χ1n) is 9.33. The van der Waals surface area contributed by atoms with Gasteiger partial charge in [-0.15, -0.1) is 0 Å². The van der Waals surface area contributed by atoms with Crippen molar-refractivity contribution < 1.29 is 24.2 Å². The van der Waals surface area contributed by atoms with Crippen molar-refractivity contribution in [2.75, 3.05) is 19.7 Å². The van der Waals surface area contributed by atoms with Crippen LogP contribution in [-0.4, -0.2) is 53.5 Å². The molecule has 2 atom stereocenters. The first kappa shape index (κ1) is 20.7. The summed E-state index contributed by atoms with van der Waals surface area (Å²) in [6, 6.07) is 7.33. The Kier molecular flexibility index (Phi) is 7.21. The van der Waals surface area contributed by atoms with Crippen LogP contribution in [0.1, 0.15) is 32.8 Å². The fourth-order valence-electron chi connectivity index (χ4n) is 3.19. The minimum atomic E-state index is -0.963. The molecule has 7 heteroatoms. The van der Waals surface area contributed by atoms with E-state index in [-0.39, 0.29) is 30.8 Å². The number of likely N-dealkylation sites (tertiary alicyclic amines) is 1. The topological polar surface area (TPSA) is 95.9 Å². The zero-order valence-electron chi connectivity index (χ0n) is 16.1. The Balaban J connectivity index is 1.90. The number of aliphatic carboxylic acids is 1. The summed E-state index contributed by atoms with van der Waals surface area (Å²) in [5, 5.41) is 12.2. The van der Waals surface area contributed by atoms with Gasteiger partial charge in [0.2, 0.25) is 11.8 Å². The lowest BCUT2D eigenvalue weighted by Crippen LogP contribution is -2.39. The molecule has 148 valence electrons. The molecule has 2 rings (SSSR count). The van der Waals surface area contributed by atoms with E-state index in [9.17, 15) is 19.5 Å². The second-order valence-corrected chi connectivity index (χ2v) is 7.10. The fourth-order valence-corrected chi connectivity index (χ4v) is 3.19. The molecule has 0 bridgehead atoms. The first-order valence-corrected chi connectivity index (χ1v) is 9.33. The summed E-state index contributed by atoms with van der Waals surface area (Å²) in [4.78, 5) is 37.5. The average molecular weight is 376 g/mol. The van der Waals surface area contributed by atoms with Crippen molar-refractivity contribution in [2.45, 2.75) is 39.7 Å². The molecule has 7 nitrogen and oxygen atoms in total. The first-order chi connectivity index (χ1) is 12.8. The highest BCUT2D eigenvalue weighted by atomic mass is 16.5.